The molecule has 5 rings (SSSR count). The highest BCUT2D eigenvalue weighted by atomic mass is 32.2. The number of fused-ring (bicyclic) bond motifs is 2. The molecule has 1 aromatic carbocycles. The number of esters is 1. The molecule has 4 heterocycles. The summed E-state index contributed by atoms with van der Waals surface area (Å²) in [5.74, 6) is -2.21. The summed E-state index contributed by atoms with van der Waals surface area (Å²) in [6, 6.07) is 7.82. The van der Waals surface area contributed by atoms with E-state index in [9.17, 15) is 19.5 Å². The van der Waals surface area contributed by atoms with Crippen LogP contribution >= 0.6 is 11.8 Å². The molecule has 35 heavy (non-hydrogen) atoms. The van der Waals surface area contributed by atoms with Gasteiger partial charge in [-0.25, -0.2) is 0 Å². The summed E-state index contributed by atoms with van der Waals surface area (Å²) in [6.07, 6.45) is 9.54. The van der Waals surface area contributed by atoms with Crippen molar-refractivity contribution < 1.29 is 24.2 Å². The summed E-state index contributed by atoms with van der Waals surface area (Å²) in [4.78, 5) is 45.1. The Balaban J connectivity index is 1.66. The zero-order valence-electron chi connectivity index (χ0n) is 20.1. The third-order valence-electron chi connectivity index (χ3n) is 7.81. The molecular formula is C27H32N2O5S. The number of likely N-dealkylation sites (tertiary alicyclic amines) is 1. The van der Waals surface area contributed by atoms with E-state index in [-0.39, 0.29) is 36.3 Å². The Hall–Kier alpha value is -2.58. The van der Waals surface area contributed by atoms with Gasteiger partial charge in [-0.3, -0.25) is 14.4 Å². The molecule has 1 N–H and O–H groups in total. The van der Waals surface area contributed by atoms with Gasteiger partial charge >= 0.3 is 5.97 Å². The lowest BCUT2D eigenvalue weighted by Crippen LogP contribution is -2.55. The molecular weight excluding hydrogens is 464 g/mol. The maximum Gasteiger partial charge on any atom is 0.311 e. The summed E-state index contributed by atoms with van der Waals surface area (Å²) < 4.78 is 4.52. The van der Waals surface area contributed by atoms with Crippen molar-refractivity contribution in [1.82, 2.24) is 9.80 Å². The molecule has 0 aromatic heterocycles. The van der Waals surface area contributed by atoms with Crippen molar-refractivity contribution in [3.8, 4) is 0 Å². The van der Waals surface area contributed by atoms with Gasteiger partial charge in [-0.15, -0.1) is 11.8 Å². The van der Waals surface area contributed by atoms with Crippen molar-refractivity contribution >= 4 is 29.5 Å². The molecule has 2 unspecified atom stereocenters. The first-order valence-electron chi connectivity index (χ1n) is 12.4. The van der Waals surface area contributed by atoms with Gasteiger partial charge in [0.25, 0.3) is 0 Å². The number of benzene rings is 1. The number of amides is 2. The molecule has 7 nitrogen and oxygen atoms in total. The molecule has 2 saturated heterocycles. The number of hydrogen-bond donors (Lipinski definition) is 1. The Bertz CT molecular complexity index is 1060. The first kappa shape index (κ1) is 24.1. The molecule has 4 aliphatic heterocycles. The molecule has 186 valence electrons. The Morgan fingerprint density at radius 1 is 1.17 bits per heavy atom. The van der Waals surface area contributed by atoms with Crippen LogP contribution in [-0.2, 0) is 19.1 Å². The van der Waals surface area contributed by atoms with Crippen molar-refractivity contribution in [1.29, 1.82) is 0 Å². The summed E-state index contributed by atoms with van der Waals surface area (Å²) >= 11 is 1.52. The van der Waals surface area contributed by atoms with Crippen LogP contribution in [0.1, 0.15) is 38.3 Å². The molecule has 0 saturated carbocycles. The Kier molecular flexibility index (Phi) is 6.53. The average Bonchev–Trinajstić information content (AvgIpc) is 3.15. The number of aliphatic hydroxyl groups excluding tert-OH is 1. The number of nitrogens with zero attached hydrogens (tertiary/aromatic N) is 2. The zero-order chi connectivity index (χ0) is 24.7. The molecule has 8 heteroatoms. The SMILES string of the molecule is CCCC(C)N1CC=C[C@]23S[C@@H]4C=CCOC(=O)[C@@H]4[C@H]2C(=O)N([C@H](CO)c2ccccc2)C3C1=O. The monoisotopic (exact) mass is 496 g/mol. The minimum Gasteiger partial charge on any atom is -0.461 e. The van der Waals surface area contributed by atoms with Gasteiger partial charge in [0, 0.05) is 17.8 Å². The summed E-state index contributed by atoms with van der Waals surface area (Å²) in [7, 11) is 0. The fourth-order valence-electron chi connectivity index (χ4n) is 6.26. The first-order chi connectivity index (χ1) is 16.9. The lowest BCUT2D eigenvalue weighted by molar-refractivity contribution is -0.152. The summed E-state index contributed by atoms with van der Waals surface area (Å²) in [6.45, 7) is 4.46. The molecule has 0 radical (unpaired) electrons. The highest BCUT2D eigenvalue weighted by Crippen LogP contribution is 2.62. The molecule has 1 spiro atoms. The van der Waals surface area contributed by atoms with Gasteiger partial charge in [0.2, 0.25) is 11.8 Å². The number of rotatable bonds is 6. The predicted octanol–water partition coefficient (Wildman–Crippen LogP) is 2.72. The lowest BCUT2D eigenvalue weighted by atomic mass is 9.78. The number of carbonyl (C=O) groups excluding carboxylic acids is 3. The minimum absolute atomic E-state index is 0.00865. The Labute approximate surface area is 210 Å². The number of ether oxygens (including phenoxy) is 1. The van der Waals surface area contributed by atoms with Crippen LogP contribution in [-0.4, -0.2) is 74.5 Å². The van der Waals surface area contributed by atoms with Crippen molar-refractivity contribution in [3.05, 3.63) is 60.2 Å². The maximum absolute atomic E-state index is 14.3. The van der Waals surface area contributed by atoms with Gasteiger partial charge in [-0.05, 0) is 18.9 Å². The topological polar surface area (TPSA) is 87.2 Å². The molecule has 1 aromatic rings. The van der Waals surface area contributed by atoms with Crippen LogP contribution in [0.25, 0.3) is 0 Å². The fraction of sp³-hybridized carbons (Fsp3) is 0.519. The number of cyclic esters (lactones) is 1. The van der Waals surface area contributed by atoms with Crippen molar-refractivity contribution in [2.75, 3.05) is 19.8 Å². The Morgan fingerprint density at radius 2 is 1.94 bits per heavy atom. The molecule has 7 atom stereocenters. The average molecular weight is 497 g/mol. The third-order valence-corrected chi connectivity index (χ3v) is 9.56. The highest BCUT2D eigenvalue weighted by Gasteiger charge is 2.72. The molecule has 2 fully saturated rings. The van der Waals surface area contributed by atoms with E-state index in [0.29, 0.717) is 6.54 Å². The normalized spacial score (nSPS) is 33.5. The van der Waals surface area contributed by atoms with Crippen LogP contribution in [0.2, 0.25) is 0 Å². The van der Waals surface area contributed by atoms with E-state index in [1.807, 2.05) is 66.5 Å². The molecule has 0 bridgehead atoms. The largest absolute Gasteiger partial charge is 0.461 e. The van der Waals surface area contributed by atoms with E-state index >= 15 is 0 Å². The maximum atomic E-state index is 14.3. The van der Waals surface area contributed by atoms with Crippen LogP contribution in [0.5, 0.6) is 0 Å². The van der Waals surface area contributed by atoms with E-state index < -0.39 is 34.6 Å². The van der Waals surface area contributed by atoms with E-state index in [4.69, 9.17) is 4.74 Å². The second-order valence-electron chi connectivity index (χ2n) is 9.79. The number of thioether (sulfide) groups is 1. The van der Waals surface area contributed by atoms with Gasteiger partial charge in [-0.2, -0.15) is 0 Å². The van der Waals surface area contributed by atoms with E-state index in [1.165, 1.54) is 11.8 Å². The fourth-order valence-corrected chi connectivity index (χ4v) is 8.25. The zero-order valence-corrected chi connectivity index (χ0v) is 20.9. The van der Waals surface area contributed by atoms with Crippen LogP contribution in [0.4, 0.5) is 0 Å². The van der Waals surface area contributed by atoms with Crippen molar-refractivity contribution in [2.24, 2.45) is 11.8 Å². The number of aliphatic hydroxyl groups is 1. The van der Waals surface area contributed by atoms with Crippen LogP contribution in [0.15, 0.2) is 54.6 Å². The van der Waals surface area contributed by atoms with Gasteiger partial charge < -0.3 is 19.6 Å². The molecule has 0 aliphatic carbocycles. The van der Waals surface area contributed by atoms with Crippen molar-refractivity contribution in [2.45, 2.75) is 54.8 Å². The predicted molar refractivity (Wildman–Crippen MR) is 133 cm³/mol. The first-order valence-corrected chi connectivity index (χ1v) is 13.3. The van der Waals surface area contributed by atoms with E-state index in [1.54, 1.807) is 4.90 Å². The van der Waals surface area contributed by atoms with Gasteiger partial charge in [0.15, 0.2) is 0 Å². The summed E-state index contributed by atoms with van der Waals surface area (Å²) in [5.41, 5.74) is 0.762. The van der Waals surface area contributed by atoms with Gasteiger partial charge in [0.05, 0.1) is 29.2 Å². The molecule has 2 amide bonds. The quantitative estimate of drug-likeness (QED) is 0.481. The smallest absolute Gasteiger partial charge is 0.311 e. The lowest BCUT2D eigenvalue weighted by Gasteiger charge is -2.40. The van der Waals surface area contributed by atoms with E-state index in [2.05, 4.69) is 6.92 Å². The third kappa shape index (κ3) is 3.73. The highest BCUT2D eigenvalue weighted by molar-refractivity contribution is 8.02. The van der Waals surface area contributed by atoms with Crippen LogP contribution in [0, 0.1) is 11.8 Å². The Morgan fingerprint density at radius 3 is 2.66 bits per heavy atom. The standard InChI is InChI=1S/C27H32N2O5S/c1-3-9-17(2)28-14-8-13-27-22(21-20(35-27)12-7-15-34-26(21)33)24(31)29(23(27)25(28)32)19(16-30)18-10-5-4-6-11-18/h4-8,10-13,17,19-23,30H,3,9,14-16H2,1-2H3/t17?,19-,20-,21+,22+,23?,27+/m1/s1. The number of carbonyl (C=O) groups is 3. The minimum atomic E-state index is -0.910. The van der Waals surface area contributed by atoms with Crippen LogP contribution in [0.3, 0.4) is 0 Å². The van der Waals surface area contributed by atoms with Crippen LogP contribution < -0.4 is 0 Å². The summed E-state index contributed by atoms with van der Waals surface area (Å²) in [5, 5.41) is 10.3. The molecule has 4 aliphatic rings. The second-order valence-corrected chi connectivity index (χ2v) is 11.3. The second kappa shape index (κ2) is 9.47. The number of hydrogen-bond acceptors (Lipinski definition) is 6. The van der Waals surface area contributed by atoms with Crippen molar-refractivity contribution in [3.63, 3.8) is 0 Å². The van der Waals surface area contributed by atoms with Gasteiger partial charge in [0.1, 0.15) is 12.6 Å². The van der Waals surface area contributed by atoms with Gasteiger partial charge in [-0.1, -0.05) is 68.0 Å². The van der Waals surface area contributed by atoms with E-state index in [0.717, 1.165) is 18.4 Å².